The van der Waals surface area contributed by atoms with Crippen molar-refractivity contribution < 1.29 is 23.5 Å². The lowest BCUT2D eigenvalue weighted by molar-refractivity contribution is 0.0724. The van der Waals surface area contributed by atoms with Crippen LogP contribution in [0.3, 0.4) is 0 Å². The van der Waals surface area contributed by atoms with E-state index in [1.54, 1.807) is 24.3 Å². The molecule has 3 aromatic rings. The first-order chi connectivity index (χ1) is 14.9. The van der Waals surface area contributed by atoms with Gasteiger partial charge in [0.1, 0.15) is 17.5 Å². The van der Waals surface area contributed by atoms with E-state index in [0.29, 0.717) is 11.1 Å². The summed E-state index contributed by atoms with van der Waals surface area (Å²) in [5, 5.41) is 9.47. The van der Waals surface area contributed by atoms with Gasteiger partial charge in [-0.1, -0.05) is 42.0 Å². The first-order valence-corrected chi connectivity index (χ1v) is 9.31. The van der Waals surface area contributed by atoms with E-state index in [0.717, 1.165) is 11.6 Å². The number of aryl methyl sites for hydroxylation is 1. The SMILES string of the molecule is COc1cc(/C=C(\C#N)C(=O)c2cccc(C)c2)ccc1OC(=O)c1ccccc1F. The molecule has 0 amide bonds. The van der Waals surface area contributed by atoms with Crippen LogP contribution >= 0.6 is 0 Å². The fourth-order valence-corrected chi connectivity index (χ4v) is 2.90. The molecule has 0 aliphatic heterocycles. The molecule has 154 valence electrons. The summed E-state index contributed by atoms with van der Waals surface area (Å²) < 4.78 is 24.3. The van der Waals surface area contributed by atoms with E-state index in [1.165, 1.54) is 43.5 Å². The van der Waals surface area contributed by atoms with Gasteiger partial charge in [-0.25, -0.2) is 9.18 Å². The third kappa shape index (κ3) is 5.03. The van der Waals surface area contributed by atoms with Gasteiger partial charge in [-0.2, -0.15) is 5.26 Å². The van der Waals surface area contributed by atoms with Crippen molar-refractivity contribution in [3.63, 3.8) is 0 Å². The van der Waals surface area contributed by atoms with E-state index in [1.807, 2.05) is 19.1 Å². The van der Waals surface area contributed by atoms with Gasteiger partial charge >= 0.3 is 5.97 Å². The van der Waals surface area contributed by atoms with Crippen LogP contribution in [0, 0.1) is 24.1 Å². The number of carbonyl (C=O) groups is 2. The Morgan fingerprint density at radius 1 is 1.00 bits per heavy atom. The Hall–Kier alpha value is -4.24. The fourth-order valence-electron chi connectivity index (χ4n) is 2.90. The number of nitriles is 1. The number of hydrogen-bond donors (Lipinski definition) is 0. The minimum absolute atomic E-state index is 0.0521. The molecule has 0 N–H and O–H groups in total. The Labute approximate surface area is 179 Å². The Morgan fingerprint density at radius 3 is 2.45 bits per heavy atom. The highest BCUT2D eigenvalue weighted by molar-refractivity contribution is 6.14. The summed E-state index contributed by atoms with van der Waals surface area (Å²) in [6.07, 6.45) is 1.43. The number of carbonyl (C=O) groups excluding carboxylic acids is 2. The third-order valence-electron chi connectivity index (χ3n) is 4.44. The number of esters is 1. The number of Topliss-reactive ketones (excluding diaryl/α,β-unsaturated/α-hetero) is 1. The lowest BCUT2D eigenvalue weighted by atomic mass is 10.0. The highest BCUT2D eigenvalue weighted by Gasteiger charge is 2.17. The molecule has 0 atom stereocenters. The topological polar surface area (TPSA) is 76.4 Å². The Kier molecular flexibility index (Phi) is 6.58. The molecule has 0 radical (unpaired) electrons. The summed E-state index contributed by atoms with van der Waals surface area (Å²) >= 11 is 0. The van der Waals surface area contributed by atoms with Crippen molar-refractivity contribution in [2.45, 2.75) is 6.92 Å². The predicted molar refractivity (Wildman–Crippen MR) is 113 cm³/mol. The van der Waals surface area contributed by atoms with Gasteiger partial charge < -0.3 is 9.47 Å². The lowest BCUT2D eigenvalue weighted by Crippen LogP contribution is -2.11. The maximum absolute atomic E-state index is 13.8. The molecule has 6 heteroatoms. The third-order valence-corrected chi connectivity index (χ3v) is 4.44. The second kappa shape index (κ2) is 9.51. The van der Waals surface area contributed by atoms with Crippen LogP contribution in [0.4, 0.5) is 4.39 Å². The number of hydrogen-bond acceptors (Lipinski definition) is 5. The van der Waals surface area contributed by atoms with Crippen LogP contribution in [-0.4, -0.2) is 18.9 Å². The van der Waals surface area contributed by atoms with Crippen molar-refractivity contribution in [2.24, 2.45) is 0 Å². The second-order valence-corrected chi connectivity index (χ2v) is 6.65. The molecular formula is C25H18FNO4. The molecule has 5 nitrogen and oxygen atoms in total. The molecule has 0 aliphatic rings. The Bertz CT molecular complexity index is 1220. The van der Waals surface area contributed by atoms with Crippen LogP contribution in [0.15, 0.2) is 72.3 Å². The van der Waals surface area contributed by atoms with Gasteiger partial charge in [-0.15, -0.1) is 0 Å². The first-order valence-electron chi connectivity index (χ1n) is 9.31. The maximum atomic E-state index is 13.8. The van der Waals surface area contributed by atoms with E-state index in [2.05, 4.69) is 0 Å². The smallest absolute Gasteiger partial charge is 0.346 e. The molecule has 0 saturated carbocycles. The van der Waals surface area contributed by atoms with E-state index < -0.39 is 17.6 Å². The molecule has 3 aromatic carbocycles. The normalized spacial score (nSPS) is 10.8. The zero-order valence-corrected chi connectivity index (χ0v) is 16.9. The van der Waals surface area contributed by atoms with Crippen LogP contribution in [-0.2, 0) is 0 Å². The molecule has 0 heterocycles. The van der Waals surface area contributed by atoms with Crippen molar-refractivity contribution in [1.29, 1.82) is 5.26 Å². The van der Waals surface area contributed by atoms with Gasteiger partial charge in [0.2, 0.25) is 5.78 Å². The maximum Gasteiger partial charge on any atom is 0.346 e. The molecule has 0 saturated heterocycles. The monoisotopic (exact) mass is 415 g/mol. The number of ether oxygens (including phenoxy) is 2. The number of allylic oxidation sites excluding steroid dienone is 1. The fraction of sp³-hybridized carbons (Fsp3) is 0.0800. The van der Waals surface area contributed by atoms with Crippen LogP contribution in [0.25, 0.3) is 6.08 Å². The molecule has 0 bridgehead atoms. The summed E-state index contributed by atoms with van der Waals surface area (Å²) in [5.41, 5.74) is 1.56. The van der Waals surface area contributed by atoms with Crippen molar-refractivity contribution in [2.75, 3.05) is 7.11 Å². The number of rotatable bonds is 6. The number of ketones is 1. The summed E-state index contributed by atoms with van der Waals surface area (Å²) in [4.78, 5) is 24.9. The van der Waals surface area contributed by atoms with E-state index in [4.69, 9.17) is 9.47 Å². The molecule has 0 fully saturated rings. The van der Waals surface area contributed by atoms with E-state index >= 15 is 0 Å². The summed E-state index contributed by atoms with van der Waals surface area (Å²) in [5.74, 6) is -1.69. The van der Waals surface area contributed by atoms with E-state index in [9.17, 15) is 19.2 Å². The van der Waals surface area contributed by atoms with Crippen molar-refractivity contribution in [3.05, 3.63) is 100 Å². The molecule has 31 heavy (non-hydrogen) atoms. The van der Waals surface area contributed by atoms with Crippen LogP contribution < -0.4 is 9.47 Å². The van der Waals surface area contributed by atoms with Crippen molar-refractivity contribution in [1.82, 2.24) is 0 Å². The Balaban J connectivity index is 1.88. The molecule has 0 spiro atoms. The predicted octanol–water partition coefficient (Wildman–Crippen LogP) is 5.15. The van der Waals surface area contributed by atoms with Crippen LogP contribution in [0.5, 0.6) is 11.5 Å². The molecular weight excluding hydrogens is 397 g/mol. The largest absolute Gasteiger partial charge is 0.493 e. The minimum Gasteiger partial charge on any atom is -0.493 e. The highest BCUT2D eigenvalue weighted by atomic mass is 19.1. The summed E-state index contributed by atoms with van der Waals surface area (Å²) in [6.45, 7) is 1.86. The zero-order chi connectivity index (χ0) is 22.4. The van der Waals surface area contributed by atoms with Crippen LogP contribution in [0.1, 0.15) is 31.8 Å². The highest BCUT2D eigenvalue weighted by Crippen LogP contribution is 2.30. The first kappa shape index (κ1) is 21.5. The standard InChI is InChI=1S/C25H18FNO4/c1-16-6-5-7-18(12-16)24(28)19(15-27)13-17-10-11-22(23(14-17)30-2)31-25(29)20-8-3-4-9-21(20)26/h3-14H,1-2H3/b19-13+. The number of benzene rings is 3. The molecule has 0 unspecified atom stereocenters. The van der Waals surface area contributed by atoms with Gasteiger partial charge in [0.15, 0.2) is 11.5 Å². The molecule has 3 rings (SSSR count). The van der Waals surface area contributed by atoms with E-state index in [-0.39, 0.29) is 22.6 Å². The van der Waals surface area contributed by atoms with Crippen LogP contribution in [0.2, 0.25) is 0 Å². The lowest BCUT2D eigenvalue weighted by Gasteiger charge is -2.10. The van der Waals surface area contributed by atoms with Gasteiger partial charge in [-0.3, -0.25) is 4.79 Å². The molecule has 0 aliphatic carbocycles. The number of halogens is 1. The van der Waals surface area contributed by atoms with Gasteiger partial charge in [0, 0.05) is 5.56 Å². The summed E-state index contributed by atoms with van der Waals surface area (Å²) in [6, 6.07) is 18.9. The quantitative estimate of drug-likeness (QED) is 0.183. The van der Waals surface area contributed by atoms with Gasteiger partial charge in [0.05, 0.1) is 12.7 Å². The second-order valence-electron chi connectivity index (χ2n) is 6.65. The minimum atomic E-state index is -0.868. The zero-order valence-electron chi connectivity index (χ0n) is 16.9. The van der Waals surface area contributed by atoms with Gasteiger partial charge in [0.25, 0.3) is 0 Å². The van der Waals surface area contributed by atoms with Crippen molar-refractivity contribution in [3.8, 4) is 17.6 Å². The van der Waals surface area contributed by atoms with Crippen molar-refractivity contribution >= 4 is 17.8 Å². The average molecular weight is 415 g/mol. The number of nitrogens with zero attached hydrogens (tertiary/aromatic N) is 1. The molecule has 0 aromatic heterocycles. The Morgan fingerprint density at radius 2 is 1.77 bits per heavy atom. The average Bonchev–Trinajstić information content (AvgIpc) is 2.78. The number of methoxy groups -OCH3 is 1. The summed E-state index contributed by atoms with van der Waals surface area (Å²) in [7, 11) is 1.38. The van der Waals surface area contributed by atoms with Gasteiger partial charge in [-0.05, 0) is 48.9 Å².